The van der Waals surface area contributed by atoms with Crippen molar-refractivity contribution >= 4 is 22.7 Å². The average Bonchev–Trinajstić information content (AvgIpc) is 3.10. The molecule has 2 N–H and O–H groups in total. The van der Waals surface area contributed by atoms with Crippen LogP contribution in [0.2, 0.25) is 0 Å². The van der Waals surface area contributed by atoms with Crippen LogP contribution in [0.1, 0.15) is 44.9 Å². The van der Waals surface area contributed by atoms with Gasteiger partial charge in [-0.25, -0.2) is 4.98 Å². The van der Waals surface area contributed by atoms with Crippen molar-refractivity contribution in [1.82, 2.24) is 9.55 Å². The zero-order valence-corrected chi connectivity index (χ0v) is 13.0. The standard InChI is InChI=1S/C17H23N3O2/c1-2-6-15-19-17-13(18)9-5-10-14(17)20(15)11-16(21)22-12-7-3-4-8-12/h5,9-10,12H,2-4,6-8,11,18H2,1H3. The number of nitrogens with two attached hydrogens (primary N) is 1. The van der Waals surface area contributed by atoms with Gasteiger partial charge >= 0.3 is 5.97 Å². The van der Waals surface area contributed by atoms with E-state index in [0.717, 1.165) is 55.4 Å². The molecule has 0 saturated heterocycles. The molecule has 1 aromatic carbocycles. The Morgan fingerprint density at radius 2 is 2.18 bits per heavy atom. The van der Waals surface area contributed by atoms with Gasteiger partial charge in [0.05, 0.1) is 11.2 Å². The van der Waals surface area contributed by atoms with Crippen LogP contribution in [0, 0.1) is 0 Å². The smallest absolute Gasteiger partial charge is 0.326 e. The minimum Gasteiger partial charge on any atom is -0.461 e. The maximum absolute atomic E-state index is 12.2. The summed E-state index contributed by atoms with van der Waals surface area (Å²) in [6.45, 7) is 2.32. The second-order valence-electron chi connectivity index (χ2n) is 5.98. The van der Waals surface area contributed by atoms with Gasteiger partial charge in [0.25, 0.3) is 0 Å². The van der Waals surface area contributed by atoms with E-state index >= 15 is 0 Å². The Morgan fingerprint density at radius 3 is 2.91 bits per heavy atom. The van der Waals surface area contributed by atoms with Crippen molar-refractivity contribution in [1.29, 1.82) is 0 Å². The Kier molecular flexibility index (Phi) is 4.32. The SMILES string of the molecule is CCCc1nc2c(N)cccc2n1CC(=O)OC1CCCC1. The van der Waals surface area contributed by atoms with Gasteiger partial charge in [-0.1, -0.05) is 13.0 Å². The molecule has 0 bridgehead atoms. The Balaban J connectivity index is 1.85. The van der Waals surface area contributed by atoms with E-state index in [1.54, 1.807) is 0 Å². The summed E-state index contributed by atoms with van der Waals surface area (Å²) in [4.78, 5) is 16.9. The molecule has 22 heavy (non-hydrogen) atoms. The topological polar surface area (TPSA) is 70.1 Å². The Hall–Kier alpha value is -2.04. The number of hydrogen-bond acceptors (Lipinski definition) is 4. The number of imidazole rings is 1. The summed E-state index contributed by atoms with van der Waals surface area (Å²) >= 11 is 0. The molecule has 118 valence electrons. The number of aryl methyl sites for hydroxylation is 1. The number of para-hydroxylation sites is 1. The van der Waals surface area contributed by atoms with Gasteiger partial charge < -0.3 is 15.0 Å². The molecule has 1 aliphatic rings. The van der Waals surface area contributed by atoms with E-state index in [1.165, 1.54) is 0 Å². The van der Waals surface area contributed by atoms with Crippen molar-refractivity contribution in [3.63, 3.8) is 0 Å². The third-order valence-corrected chi connectivity index (χ3v) is 4.25. The molecule has 1 aromatic heterocycles. The van der Waals surface area contributed by atoms with Crippen LogP contribution in [-0.4, -0.2) is 21.6 Å². The lowest BCUT2D eigenvalue weighted by Crippen LogP contribution is -2.20. The normalized spacial score (nSPS) is 15.5. The lowest BCUT2D eigenvalue weighted by atomic mass is 10.2. The summed E-state index contributed by atoms with van der Waals surface area (Å²) in [5.74, 6) is 0.727. The number of hydrogen-bond donors (Lipinski definition) is 1. The van der Waals surface area contributed by atoms with Crippen LogP contribution in [-0.2, 0) is 22.5 Å². The molecule has 2 aromatic rings. The van der Waals surface area contributed by atoms with Crippen molar-refractivity contribution in [2.45, 2.75) is 58.1 Å². The molecule has 0 spiro atoms. The van der Waals surface area contributed by atoms with Crippen molar-refractivity contribution in [3.05, 3.63) is 24.0 Å². The van der Waals surface area contributed by atoms with Gasteiger partial charge in [0, 0.05) is 6.42 Å². The molecule has 1 fully saturated rings. The van der Waals surface area contributed by atoms with Gasteiger partial charge in [-0.3, -0.25) is 4.79 Å². The Bertz CT molecular complexity index is 672. The van der Waals surface area contributed by atoms with E-state index in [-0.39, 0.29) is 18.6 Å². The first-order valence-corrected chi connectivity index (χ1v) is 8.12. The lowest BCUT2D eigenvalue weighted by Gasteiger charge is -2.13. The van der Waals surface area contributed by atoms with Crippen LogP contribution in [0.3, 0.4) is 0 Å². The third-order valence-electron chi connectivity index (χ3n) is 4.25. The highest BCUT2D eigenvalue weighted by Crippen LogP contribution is 2.24. The summed E-state index contributed by atoms with van der Waals surface area (Å²) in [7, 11) is 0. The van der Waals surface area contributed by atoms with Gasteiger partial charge in [0.2, 0.25) is 0 Å². The number of nitrogens with zero attached hydrogens (tertiary/aromatic N) is 2. The van der Waals surface area contributed by atoms with Gasteiger partial charge in [-0.05, 0) is 44.2 Å². The van der Waals surface area contributed by atoms with Gasteiger partial charge in [0.1, 0.15) is 24.0 Å². The fourth-order valence-electron chi connectivity index (χ4n) is 3.17. The summed E-state index contributed by atoms with van der Waals surface area (Å²) in [6.07, 6.45) is 6.19. The zero-order chi connectivity index (χ0) is 15.5. The number of benzene rings is 1. The molecule has 1 heterocycles. The highest BCUT2D eigenvalue weighted by molar-refractivity contribution is 5.88. The molecule has 3 rings (SSSR count). The summed E-state index contributed by atoms with van der Waals surface area (Å²) in [5.41, 5.74) is 8.34. The highest BCUT2D eigenvalue weighted by Gasteiger charge is 2.21. The molecule has 0 atom stereocenters. The number of aromatic nitrogens is 2. The first-order chi connectivity index (χ1) is 10.7. The quantitative estimate of drug-likeness (QED) is 0.680. The minimum absolute atomic E-state index is 0.0991. The second kappa shape index (κ2) is 6.38. The van der Waals surface area contributed by atoms with Crippen molar-refractivity contribution < 1.29 is 9.53 Å². The summed E-state index contributed by atoms with van der Waals surface area (Å²) < 4.78 is 7.53. The van der Waals surface area contributed by atoms with E-state index in [9.17, 15) is 4.79 Å². The number of rotatable bonds is 5. The Morgan fingerprint density at radius 1 is 1.41 bits per heavy atom. The average molecular weight is 301 g/mol. The zero-order valence-electron chi connectivity index (χ0n) is 13.0. The number of ether oxygens (including phenoxy) is 1. The molecule has 0 aliphatic heterocycles. The first-order valence-electron chi connectivity index (χ1n) is 8.12. The number of esters is 1. The third kappa shape index (κ3) is 2.93. The van der Waals surface area contributed by atoms with Crippen LogP contribution in [0.4, 0.5) is 5.69 Å². The predicted octanol–water partition coefficient (Wildman–Crippen LogP) is 3.06. The molecule has 5 nitrogen and oxygen atoms in total. The molecule has 0 amide bonds. The van der Waals surface area contributed by atoms with Crippen molar-refractivity contribution in [2.75, 3.05) is 5.73 Å². The first kappa shape index (κ1) is 14.9. The van der Waals surface area contributed by atoms with Gasteiger partial charge in [0.15, 0.2) is 0 Å². The largest absolute Gasteiger partial charge is 0.461 e. The number of nitrogen functional groups attached to an aromatic ring is 1. The van der Waals surface area contributed by atoms with Crippen molar-refractivity contribution in [3.8, 4) is 0 Å². The maximum atomic E-state index is 12.2. The number of carbonyl (C=O) groups excluding carboxylic acids is 1. The summed E-state index contributed by atoms with van der Waals surface area (Å²) in [5, 5.41) is 0. The van der Waals surface area contributed by atoms with Gasteiger partial charge in [-0.2, -0.15) is 0 Å². The maximum Gasteiger partial charge on any atom is 0.326 e. The number of fused-ring (bicyclic) bond motifs is 1. The Labute approximate surface area is 130 Å². The number of anilines is 1. The fraction of sp³-hybridized carbons (Fsp3) is 0.529. The summed E-state index contributed by atoms with van der Waals surface area (Å²) in [6, 6.07) is 5.70. The van der Waals surface area contributed by atoms with E-state index in [0.29, 0.717) is 5.69 Å². The molecule has 1 aliphatic carbocycles. The molecular formula is C17H23N3O2. The van der Waals surface area contributed by atoms with Gasteiger partial charge in [-0.15, -0.1) is 0 Å². The van der Waals surface area contributed by atoms with E-state index in [2.05, 4.69) is 11.9 Å². The monoisotopic (exact) mass is 301 g/mol. The number of carbonyl (C=O) groups is 1. The van der Waals surface area contributed by atoms with Crippen LogP contribution in [0.25, 0.3) is 11.0 Å². The minimum atomic E-state index is -0.175. The lowest BCUT2D eigenvalue weighted by molar-refractivity contribution is -0.149. The van der Waals surface area contributed by atoms with Crippen LogP contribution in [0.5, 0.6) is 0 Å². The van der Waals surface area contributed by atoms with Crippen LogP contribution < -0.4 is 5.73 Å². The second-order valence-corrected chi connectivity index (χ2v) is 5.98. The fourth-order valence-corrected chi connectivity index (χ4v) is 3.17. The van der Waals surface area contributed by atoms with E-state index in [4.69, 9.17) is 10.5 Å². The molecule has 0 radical (unpaired) electrons. The van der Waals surface area contributed by atoms with Crippen molar-refractivity contribution in [2.24, 2.45) is 0 Å². The predicted molar refractivity (Wildman–Crippen MR) is 86.5 cm³/mol. The molecular weight excluding hydrogens is 278 g/mol. The van der Waals surface area contributed by atoms with E-state index < -0.39 is 0 Å². The van der Waals surface area contributed by atoms with Crippen LogP contribution in [0.15, 0.2) is 18.2 Å². The molecule has 0 unspecified atom stereocenters. The highest BCUT2D eigenvalue weighted by atomic mass is 16.5. The van der Waals surface area contributed by atoms with Crippen LogP contribution >= 0.6 is 0 Å². The van der Waals surface area contributed by atoms with E-state index in [1.807, 2.05) is 22.8 Å². The molecule has 1 saturated carbocycles. The molecule has 5 heteroatoms.